The van der Waals surface area contributed by atoms with Crippen LogP contribution >= 0.6 is 0 Å². The van der Waals surface area contributed by atoms with Crippen molar-refractivity contribution in [2.75, 3.05) is 18.9 Å². The van der Waals surface area contributed by atoms with Crippen LogP contribution in [-0.4, -0.2) is 35.3 Å². The zero-order valence-corrected chi connectivity index (χ0v) is 14.5. The van der Waals surface area contributed by atoms with E-state index in [-0.39, 0.29) is 29.9 Å². The molecule has 4 rings (SSSR count). The predicted octanol–water partition coefficient (Wildman–Crippen LogP) is 3.29. The Hall–Kier alpha value is -3.48. The lowest BCUT2D eigenvalue weighted by molar-refractivity contribution is -0.118. The van der Waals surface area contributed by atoms with Crippen LogP contribution in [0.4, 0.5) is 10.4 Å². The number of halogens is 1. The van der Waals surface area contributed by atoms with Crippen LogP contribution in [0, 0.1) is 5.82 Å². The van der Waals surface area contributed by atoms with E-state index in [9.17, 15) is 14.0 Å². The highest BCUT2D eigenvalue weighted by atomic mass is 19.1. The molecule has 0 spiro atoms. The van der Waals surface area contributed by atoms with Crippen LogP contribution in [0.1, 0.15) is 21.8 Å². The largest absolute Gasteiger partial charge is 0.431 e. The average Bonchev–Trinajstić information content (AvgIpc) is 3.13. The van der Waals surface area contributed by atoms with Crippen molar-refractivity contribution in [3.8, 4) is 11.3 Å². The van der Waals surface area contributed by atoms with Crippen LogP contribution in [0.5, 0.6) is 0 Å². The van der Waals surface area contributed by atoms with Crippen molar-refractivity contribution in [2.24, 2.45) is 0 Å². The Kier molecular flexibility index (Phi) is 4.19. The molecule has 1 N–H and O–H groups in total. The molecule has 2 aromatic carbocycles. The minimum atomic E-state index is -0.548. The zero-order chi connectivity index (χ0) is 19.0. The molecule has 1 aromatic heterocycles. The van der Waals surface area contributed by atoms with Crippen molar-refractivity contribution < 1.29 is 18.4 Å². The molecular weight excluding hydrogens is 349 g/mol. The molecule has 0 saturated heterocycles. The smallest absolute Gasteiger partial charge is 0.301 e. The normalized spacial score (nSPS) is 16.1. The van der Waals surface area contributed by atoms with Gasteiger partial charge in [-0.05, 0) is 23.8 Å². The van der Waals surface area contributed by atoms with E-state index in [4.69, 9.17) is 4.42 Å². The lowest BCUT2D eigenvalue weighted by Crippen LogP contribution is -2.41. The number of aromatic nitrogens is 1. The van der Waals surface area contributed by atoms with Gasteiger partial charge in [0.15, 0.2) is 0 Å². The number of nitrogens with zero attached hydrogens (tertiary/aromatic N) is 2. The maximum atomic E-state index is 13.9. The summed E-state index contributed by atoms with van der Waals surface area (Å²) in [7, 11) is 1.65. The monoisotopic (exact) mass is 365 g/mol. The van der Waals surface area contributed by atoms with Crippen LogP contribution in [0.3, 0.4) is 0 Å². The number of anilines is 1. The van der Waals surface area contributed by atoms with E-state index in [1.165, 1.54) is 17.2 Å². The third-order valence-corrected chi connectivity index (χ3v) is 4.57. The van der Waals surface area contributed by atoms with E-state index >= 15 is 0 Å². The number of amides is 2. The molecule has 0 saturated carbocycles. The van der Waals surface area contributed by atoms with Gasteiger partial charge in [-0.1, -0.05) is 30.3 Å². The van der Waals surface area contributed by atoms with Gasteiger partial charge >= 0.3 is 6.01 Å². The number of hydrogen-bond donors (Lipinski definition) is 1. The van der Waals surface area contributed by atoms with E-state index in [0.717, 1.165) is 0 Å². The zero-order valence-electron chi connectivity index (χ0n) is 14.5. The van der Waals surface area contributed by atoms with E-state index in [1.807, 2.05) is 0 Å². The van der Waals surface area contributed by atoms with Crippen molar-refractivity contribution in [2.45, 2.75) is 5.92 Å². The van der Waals surface area contributed by atoms with E-state index in [2.05, 4.69) is 10.3 Å². The molecule has 1 aliphatic heterocycles. The van der Waals surface area contributed by atoms with Crippen LogP contribution in [0.25, 0.3) is 11.3 Å². The quantitative estimate of drug-likeness (QED) is 0.773. The van der Waals surface area contributed by atoms with E-state index < -0.39 is 11.7 Å². The van der Waals surface area contributed by atoms with Crippen molar-refractivity contribution in [1.82, 2.24) is 9.88 Å². The number of fused-ring (bicyclic) bond motifs is 1. The summed E-state index contributed by atoms with van der Waals surface area (Å²) in [5.41, 5.74) is 1.75. The molecule has 0 bridgehead atoms. The van der Waals surface area contributed by atoms with Gasteiger partial charge in [-0.25, -0.2) is 4.39 Å². The fourth-order valence-electron chi connectivity index (χ4n) is 3.20. The Labute approximate surface area is 154 Å². The summed E-state index contributed by atoms with van der Waals surface area (Å²) in [6.07, 6.45) is 1.29. The second-order valence-corrected chi connectivity index (χ2v) is 6.33. The molecule has 27 heavy (non-hydrogen) atoms. The van der Waals surface area contributed by atoms with Crippen molar-refractivity contribution >= 4 is 17.8 Å². The summed E-state index contributed by atoms with van der Waals surface area (Å²) in [5.74, 6) is -1.44. The first-order chi connectivity index (χ1) is 13.0. The second-order valence-electron chi connectivity index (χ2n) is 6.33. The Morgan fingerprint density at radius 1 is 1.19 bits per heavy atom. The molecular formula is C20H16FN3O3. The molecule has 1 atom stereocenters. The van der Waals surface area contributed by atoms with Crippen LogP contribution in [-0.2, 0) is 4.79 Å². The Morgan fingerprint density at radius 2 is 1.89 bits per heavy atom. The minimum Gasteiger partial charge on any atom is -0.431 e. The summed E-state index contributed by atoms with van der Waals surface area (Å²) in [5, 5.41) is 2.62. The average molecular weight is 365 g/mol. The number of benzene rings is 2. The van der Waals surface area contributed by atoms with Gasteiger partial charge in [0.25, 0.3) is 5.91 Å². The van der Waals surface area contributed by atoms with Crippen LogP contribution < -0.4 is 5.32 Å². The summed E-state index contributed by atoms with van der Waals surface area (Å²) in [4.78, 5) is 30.7. The summed E-state index contributed by atoms with van der Waals surface area (Å²) >= 11 is 0. The van der Waals surface area contributed by atoms with Crippen molar-refractivity contribution in [3.05, 3.63) is 71.7 Å². The number of carbonyl (C=O) groups is 2. The maximum Gasteiger partial charge on any atom is 0.301 e. The molecule has 0 radical (unpaired) electrons. The van der Waals surface area contributed by atoms with E-state index in [1.54, 1.807) is 49.5 Å². The molecule has 2 heterocycles. The Bertz CT molecular complexity index is 1030. The number of carbonyl (C=O) groups excluding carboxylic acids is 2. The highest BCUT2D eigenvalue weighted by Gasteiger charge is 2.33. The van der Waals surface area contributed by atoms with E-state index in [0.29, 0.717) is 16.8 Å². The number of oxazole rings is 1. The van der Waals surface area contributed by atoms with Gasteiger partial charge in [-0.3, -0.25) is 14.9 Å². The molecule has 0 aliphatic carbocycles. The third-order valence-electron chi connectivity index (χ3n) is 4.57. The van der Waals surface area contributed by atoms with Gasteiger partial charge in [-0.15, -0.1) is 0 Å². The lowest BCUT2D eigenvalue weighted by Gasteiger charge is -2.30. The second kappa shape index (κ2) is 6.68. The molecule has 136 valence electrons. The van der Waals surface area contributed by atoms with Crippen LogP contribution in [0.2, 0.25) is 0 Å². The summed E-state index contributed by atoms with van der Waals surface area (Å²) in [6, 6.07) is 13.2. The SMILES string of the molecule is CN1CC(C(=O)Nc2nc(-c3ccccc3F)co2)c2ccccc2C1=O. The maximum absolute atomic E-state index is 13.9. The lowest BCUT2D eigenvalue weighted by atomic mass is 9.89. The van der Waals surface area contributed by atoms with Gasteiger partial charge in [0.1, 0.15) is 17.8 Å². The first-order valence-corrected chi connectivity index (χ1v) is 8.40. The van der Waals surface area contributed by atoms with Crippen molar-refractivity contribution in [1.29, 1.82) is 0 Å². The Balaban J connectivity index is 1.58. The fourth-order valence-corrected chi connectivity index (χ4v) is 3.20. The predicted molar refractivity (Wildman–Crippen MR) is 96.7 cm³/mol. The van der Waals surface area contributed by atoms with Crippen molar-refractivity contribution in [3.63, 3.8) is 0 Å². The molecule has 1 unspecified atom stereocenters. The third kappa shape index (κ3) is 3.08. The van der Waals surface area contributed by atoms with Crippen LogP contribution in [0.15, 0.2) is 59.2 Å². The molecule has 1 aliphatic rings. The highest BCUT2D eigenvalue weighted by Crippen LogP contribution is 2.29. The summed E-state index contributed by atoms with van der Waals surface area (Å²) in [6.45, 7) is 0.253. The molecule has 2 amide bonds. The van der Waals surface area contributed by atoms with Gasteiger partial charge in [0.05, 0.1) is 5.92 Å². The number of hydrogen-bond acceptors (Lipinski definition) is 4. The van der Waals surface area contributed by atoms with Gasteiger partial charge in [0, 0.05) is 24.7 Å². The van der Waals surface area contributed by atoms with Gasteiger partial charge in [0.2, 0.25) is 5.91 Å². The molecule has 3 aromatic rings. The molecule has 7 heteroatoms. The fraction of sp³-hybridized carbons (Fsp3) is 0.150. The molecule has 6 nitrogen and oxygen atoms in total. The topological polar surface area (TPSA) is 75.4 Å². The van der Waals surface area contributed by atoms with Gasteiger partial charge in [-0.2, -0.15) is 4.98 Å². The molecule has 0 fully saturated rings. The Morgan fingerprint density at radius 3 is 2.67 bits per heavy atom. The highest BCUT2D eigenvalue weighted by molar-refractivity contribution is 6.03. The number of nitrogens with one attached hydrogen (secondary N) is 1. The van der Waals surface area contributed by atoms with Gasteiger partial charge < -0.3 is 9.32 Å². The standard InChI is InChI=1S/C20H16FN3O3/c1-24-10-15(12-6-2-3-7-13(12)19(24)26)18(25)23-20-22-17(11-27-20)14-8-4-5-9-16(14)21/h2-9,11,15H,10H2,1H3,(H,22,23,25). The number of rotatable bonds is 3. The number of likely N-dealkylation sites (N-methyl/N-ethyl adjacent to an activating group) is 1. The summed E-state index contributed by atoms with van der Waals surface area (Å²) < 4.78 is 19.2. The minimum absolute atomic E-state index is 0.0183. The first kappa shape index (κ1) is 17.0. The first-order valence-electron chi connectivity index (χ1n) is 8.40.